The molecule has 1 aromatic rings. The van der Waals surface area contributed by atoms with Crippen molar-refractivity contribution in [2.45, 2.75) is 19.5 Å². The normalized spacial score (nSPS) is 10.4. The molecule has 0 aliphatic rings. The maximum atomic E-state index is 12.6. The Labute approximate surface area is 102 Å². The average molecular weight is 257 g/mol. The summed E-state index contributed by atoms with van der Waals surface area (Å²) in [5.74, 6) is 3.96. The van der Waals surface area contributed by atoms with Crippen LogP contribution in [-0.2, 0) is 15.7 Å². The highest BCUT2D eigenvalue weighted by molar-refractivity contribution is 5.72. The Balaban J connectivity index is 2.86. The number of hydrogen-bond donors (Lipinski definition) is 0. The highest BCUT2D eigenvalue weighted by Crippen LogP contribution is 2.30. The predicted molar refractivity (Wildman–Crippen MR) is 57.4 cm³/mol. The summed E-state index contributed by atoms with van der Waals surface area (Å²) in [6.45, 7) is 1.84. The van der Waals surface area contributed by atoms with Gasteiger partial charge in [0.05, 0.1) is 12.2 Å². The minimum absolute atomic E-state index is 0.206. The number of carbonyl (C=O) groups is 1. The van der Waals surface area contributed by atoms with Crippen LogP contribution < -0.4 is 0 Å². The third-order valence-electron chi connectivity index (χ3n) is 1.86. The predicted octanol–water partition coefficient (Wildman–Crippen LogP) is 2.41. The van der Waals surface area contributed by atoms with Crippen molar-refractivity contribution in [3.8, 4) is 11.8 Å². The summed E-state index contributed by atoms with van der Waals surface area (Å²) in [5.41, 5.74) is -1.31. The lowest BCUT2D eigenvalue weighted by molar-refractivity contribution is -0.141. The second kappa shape index (κ2) is 6.05. The van der Waals surface area contributed by atoms with Crippen molar-refractivity contribution < 1.29 is 22.7 Å². The fraction of sp³-hybridized carbons (Fsp3) is 0.333. The van der Waals surface area contributed by atoms with E-state index in [4.69, 9.17) is 0 Å². The Bertz CT molecular complexity index is 486. The largest absolute Gasteiger partial charge is 0.465 e. The van der Waals surface area contributed by atoms with Gasteiger partial charge < -0.3 is 4.74 Å². The monoisotopic (exact) mass is 257 g/mol. The van der Waals surface area contributed by atoms with Crippen molar-refractivity contribution in [1.29, 1.82) is 0 Å². The molecule has 6 heteroatoms. The van der Waals surface area contributed by atoms with E-state index in [1.807, 2.05) is 0 Å². The number of ether oxygens (including phenoxy) is 1. The van der Waals surface area contributed by atoms with Gasteiger partial charge in [-0.2, -0.15) is 13.2 Å². The van der Waals surface area contributed by atoms with E-state index < -0.39 is 23.4 Å². The molecule has 0 bridgehead atoms. The van der Waals surface area contributed by atoms with Gasteiger partial charge in [-0.15, -0.1) is 0 Å². The second-order valence-electron chi connectivity index (χ2n) is 3.18. The molecule has 0 atom stereocenters. The van der Waals surface area contributed by atoms with E-state index >= 15 is 0 Å². The molecule has 0 saturated carbocycles. The number of rotatable bonds is 2. The third-order valence-corrected chi connectivity index (χ3v) is 1.86. The van der Waals surface area contributed by atoms with E-state index in [0.29, 0.717) is 0 Å². The molecule has 1 rings (SSSR count). The van der Waals surface area contributed by atoms with Crippen LogP contribution in [0.3, 0.4) is 0 Å². The summed E-state index contributed by atoms with van der Waals surface area (Å²) in [5, 5.41) is 0. The molecule has 18 heavy (non-hydrogen) atoms. The van der Waals surface area contributed by atoms with Crippen LogP contribution >= 0.6 is 0 Å². The number of pyridine rings is 1. The Morgan fingerprint density at radius 1 is 1.50 bits per heavy atom. The van der Waals surface area contributed by atoms with Crippen molar-refractivity contribution in [2.75, 3.05) is 6.61 Å². The molecule has 1 heterocycles. The molecule has 0 radical (unpaired) electrons. The van der Waals surface area contributed by atoms with E-state index in [9.17, 15) is 18.0 Å². The van der Waals surface area contributed by atoms with Crippen molar-refractivity contribution in [2.24, 2.45) is 0 Å². The number of esters is 1. The van der Waals surface area contributed by atoms with Crippen molar-refractivity contribution in [3.05, 3.63) is 29.6 Å². The lowest BCUT2D eigenvalue weighted by Crippen LogP contribution is -2.08. The van der Waals surface area contributed by atoms with Gasteiger partial charge >= 0.3 is 12.1 Å². The number of aromatic nitrogens is 1. The number of halogens is 3. The Morgan fingerprint density at radius 2 is 2.22 bits per heavy atom. The van der Waals surface area contributed by atoms with Crippen LogP contribution in [0.2, 0.25) is 0 Å². The molecule has 0 N–H and O–H groups in total. The van der Waals surface area contributed by atoms with Gasteiger partial charge in [-0.3, -0.25) is 4.79 Å². The number of alkyl halides is 3. The van der Waals surface area contributed by atoms with Crippen LogP contribution in [0.4, 0.5) is 13.2 Å². The summed E-state index contributed by atoms with van der Waals surface area (Å²) >= 11 is 0. The van der Waals surface area contributed by atoms with Crippen LogP contribution in [0.1, 0.15) is 24.6 Å². The minimum Gasteiger partial charge on any atom is -0.465 e. The fourth-order valence-corrected chi connectivity index (χ4v) is 1.15. The zero-order chi connectivity index (χ0) is 13.6. The molecule has 0 saturated heterocycles. The molecule has 0 spiro atoms. The lowest BCUT2D eigenvalue weighted by atomic mass is 10.2. The van der Waals surface area contributed by atoms with Gasteiger partial charge in [0, 0.05) is 6.20 Å². The molecule has 0 unspecified atom stereocenters. The van der Waals surface area contributed by atoms with E-state index in [1.54, 1.807) is 6.92 Å². The summed E-state index contributed by atoms with van der Waals surface area (Å²) < 4.78 is 42.3. The maximum absolute atomic E-state index is 12.6. The van der Waals surface area contributed by atoms with E-state index in [-0.39, 0.29) is 13.0 Å². The van der Waals surface area contributed by atoms with E-state index in [0.717, 1.165) is 6.07 Å². The molecule has 0 amide bonds. The number of nitrogens with zero attached hydrogens (tertiary/aromatic N) is 1. The fourth-order valence-electron chi connectivity index (χ4n) is 1.15. The van der Waals surface area contributed by atoms with Crippen molar-refractivity contribution in [1.82, 2.24) is 4.98 Å². The van der Waals surface area contributed by atoms with Gasteiger partial charge in [0.15, 0.2) is 0 Å². The van der Waals surface area contributed by atoms with Crippen LogP contribution in [0, 0.1) is 11.8 Å². The maximum Gasteiger partial charge on any atom is 0.419 e. The number of hydrogen-bond acceptors (Lipinski definition) is 3. The molecule has 3 nitrogen and oxygen atoms in total. The summed E-state index contributed by atoms with van der Waals surface area (Å²) in [4.78, 5) is 14.5. The van der Waals surface area contributed by atoms with E-state index in [2.05, 4.69) is 21.6 Å². The summed E-state index contributed by atoms with van der Waals surface area (Å²) in [7, 11) is 0. The quantitative estimate of drug-likeness (QED) is 0.603. The molecular formula is C12H10F3NO2. The van der Waals surface area contributed by atoms with Crippen LogP contribution in [0.5, 0.6) is 0 Å². The zero-order valence-electron chi connectivity index (χ0n) is 9.54. The van der Waals surface area contributed by atoms with Crippen molar-refractivity contribution >= 4 is 5.97 Å². The number of carbonyl (C=O) groups excluding carboxylic acids is 1. The Morgan fingerprint density at radius 3 is 2.83 bits per heavy atom. The van der Waals surface area contributed by atoms with Gasteiger partial charge in [-0.1, -0.05) is 5.92 Å². The molecule has 0 fully saturated rings. The third kappa shape index (κ3) is 4.09. The van der Waals surface area contributed by atoms with Crippen LogP contribution in [0.15, 0.2) is 18.3 Å². The minimum atomic E-state index is -4.51. The Hall–Kier alpha value is -2.03. The lowest BCUT2D eigenvalue weighted by Gasteiger charge is -2.07. The topological polar surface area (TPSA) is 39.2 Å². The van der Waals surface area contributed by atoms with Gasteiger partial charge in [0.2, 0.25) is 0 Å². The van der Waals surface area contributed by atoms with E-state index in [1.165, 1.54) is 12.3 Å². The first-order valence-electron chi connectivity index (χ1n) is 5.12. The molecule has 0 aromatic carbocycles. The highest BCUT2D eigenvalue weighted by Gasteiger charge is 2.33. The zero-order valence-corrected chi connectivity index (χ0v) is 9.54. The summed E-state index contributed by atoms with van der Waals surface area (Å²) in [6, 6.07) is 2.07. The first-order chi connectivity index (χ1) is 8.45. The SMILES string of the molecule is CCOC(=O)CC#Cc1ncccc1C(F)(F)F. The molecular weight excluding hydrogens is 247 g/mol. The standard InChI is InChI=1S/C12H10F3NO2/c1-2-18-11(17)7-3-6-10-9(12(13,14)15)5-4-8-16-10/h4-5,8H,2,7H2,1H3. The molecule has 0 aliphatic heterocycles. The van der Waals surface area contributed by atoms with Gasteiger partial charge in [-0.05, 0) is 25.0 Å². The molecule has 0 aliphatic carbocycles. The van der Waals surface area contributed by atoms with Gasteiger partial charge in [0.25, 0.3) is 0 Å². The second-order valence-corrected chi connectivity index (χ2v) is 3.18. The van der Waals surface area contributed by atoms with Gasteiger partial charge in [-0.25, -0.2) is 4.98 Å². The first kappa shape index (κ1) is 14.0. The Kier molecular flexibility index (Phi) is 4.72. The first-order valence-corrected chi connectivity index (χ1v) is 5.12. The van der Waals surface area contributed by atoms with Gasteiger partial charge in [0.1, 0.15) is 12.1 Å². The molecule has 1 aromatic heterocycles. The average Bonchev–Trinajstić information content (AvgIpc) is 2.28. The van der Waals surface area contributed by atoms with Crippen LogP contribution in [0.25, 0.3) is 0 Å². The molecule has 96 valence electrons. The van der Waals surface area contributed by atoms with Crippen LogP contribution in [-0.4, -0.2) is 17.6 Å². The highest BCUT2D eigenvalue weighted by atomic mass is 19.4. The summed E-state index contributed by atoms with van der Waals surface area (Å²) in [6.07, 6.45) is -3.56. The van der Waals surface area contributed by atoms with Crippen molar-refractivity contribution in [3.63, 3.8) is 0 Å². The smallest absolute Gasteiger partial charge is 0.419 e.